The van der Waals surface area contributed by atoms with Gasteiger partial charge in [0.2, 0.25) is 0 Å². The van der Waals surface area contributed by atoms with Gasteiger partial charge in [0.25, 0.3) is 0 Å². The number of ether oxygens (including phenoxy) is 3. The summed E-state index contributed by atoms with van der Waals surface area (Å²) in [7, 11) is -0.284. The maximum Gasteiger partial charge on any atom is 0.186 e. The second kappa shape index (κ2) is 27.7. The quantitative estimate of drug-likeness (QED) is 0.0364. The molecule has 11 heteroatoms. The van der Waals surface area contributed by atoms with Crippen LogP contribution in [0.4, 0.5) is 0 Å². The van der Waals surface area contributed by atoms with E-state index in [4.69, 9.17) is 14.2 Å². The summed E-state index contributed by atoms with van der Waals surface area (Å²) in [5.74, 6) is 3.91. The van der Waals surface area contributed by atoms with Crippen molar-refractivity contribution in [1.82, 2.24) is 5.32 Å². The Balaban J connectivity index is 1.39. The lowest BCUT2D eigenvalue weighted by Gasteiger charge is -2.46. The molecule has 0 aromatic rings. The molecule has 3 saturated heterocycles. The van der Waals surface area contributed by atoms with Crippen molar-refractivity contribution in [3.05, 3.63) is 0 Å². The molecule has 3 heterocycles. The third-order valence-corrected chi connectivity index (χ3v) is 15.6. The van der Waals surface area contributed by atoms with Crippen molar-refractivity contribution in [3.63, 3.8) is 0 Å². The Morgan fingerprint density at radius 2 is 1.24 bits per heavy atom. The summed E-state index contributed by atoms with van der Waals surface area (Å²) in [4.78, 5) is 0. The molecule has 55 heavy (non-hydrogen) atoms. The van der Waals surface area contributed by atoms with Crippen molar-refractivity contribution < 1.29 is 44.8 Å². The van der Waals surface area contributed by atoms with Gasteiger partial charge in [0, 0.05) is 0 Å². The zero-order valence-corrected chi connectivity index (χ0v) is 36.2. The van der Waals surface area contributed by atoms with Gasteiger partial charge >= 0.3 is 0 Å². The van der Waals surface area contributed by atoms with Crippen LogP contribution in [0.25, 0.3) is 0 Å². The van der Waals surface area contributed by atoms with Gasteiger partial charge in [0.15, 0.2) is 6.29 Å². The van der Waals surface area contributed by atoms with Crippen LogP contribution in [0.5, 0.6) is 0 Å². The second-order valence-electron chi connectivity index (χ2n) is 18.3. The molecular formula is C44H87NO9S. The molecule has 0 amide bonds. The first-order chi connectivity index (χ1) is 26.5. The minimum absolute atomic E-state index is 0.110. The molecule has 328 valence electrons. The molecule has 0 aliphatic carbocycles. The first kappa shape index (κ1) is 49.3. The minimum Gasteiger partial charge on any atom is -0.394 e. The van der Waals surface area contributed by atoms with Gasteiger partial charge in [0.05, 0.1) is 50.2 Å². The largest absolute Gasteiger partial charge is 0.394 e. The summed E-state index contributed by atoms with van der Waals surface area (Å²) in [5.41, 5.74) is -0.351. The van der Waals surface area contributed by atoms with Crippen molar-refractivity contribution in [2.75, 3.05) is 50.4 Å². The van der Waals surface area contributed by atoms with Gasteiger partial charge in [-0.2, -0.15) is 0 Å². The summed E-state index contributed by atoms with van der Waals surface area (Å²) < 4.78 is 17.2. The molecule has 3 aliphatic heterocycles. The molecule has 0 spiro atoms. The van der Waals surface area contributed by atoms with Crippen LogP contribution in [-0.4, -0.2) is 136 Å². The van der Waals surface area contributed by atoms with Gasteiger partial charge in [-0.15, -0.1) is 0 Å². The summed E-state index contributed by atoms with van der Waals surface area (Å²) in [6, 6.07) is -0.690. The normalized spacial score (nSPS) is 27.7. The SMILES string of the molecule is CCCCCCCCCCCCCC[C@@H](O)[C@@H](O)[C@H](COC1OC(CO)C(O)C(O)C1O)NC1(CCCCCCCCCCC2CCS(C)(C)CC2)COC1. The Hall–Kier alpha value is -0.0500. The van der Waals surface area contributed by atoms with Crippen molar-refractivity contribution in [2.45, 2.75) is 222 Å². The van der Waals surface area contributed by atoms with E-state index in [9.17, 15) is 30.6 Å². The molecule has 0 aromatic heterocycles. The van der Waals surface area contributed by atoms with Crippen LogP contribution < -0.4 is 5.32 Å². The Morgan fingerprint density at radius 1 is 0.709 bits per heavy atom. The average Bonchev–Trinajstić information content (AvgIpc) is 3.16. The van der Waals surface area contributed by atoms with E-state index >= 15 is 0 Å². The van der Waals surface area contributed by atoms with Crippen LogP contribution in [0.15, 0.2) is 0 Å². The van der Waals surface area contributed by atoms with Crippen LogP contribution in [0.1, 0.15) is 167 Å². The number of hydrogen-bond acceptors (Lipinski definition) is 10. The second-order valence-corrected chi connectivity index (χ2v) is 22.6. The zero-order chi connectivity index (χ0) is 39.9. The molecule has 3 fully saturated rings. The molecule has 8 atom stereocenters. The molecule has 0 aromatic carbocycles. The molecule has 5 unspecified atom stereocenters. The van der Waals surface area contributed by atoms with Gasteiger partial charge in [-0.25, -0.2) is 10.0 Å². The van der Waals surface area contributed by atoms with Crippen LogP contribution >= 0.6 is 10.0 Å². The van der Waals surface area contributed by atoms with Crippen LogP contribution in [0, 0.1) is 5.92 Å². The lowest BCUT2D eigenvalue weighted by molar-refractivity contribution is -0.303. The van der Waals surface area contributed by atoms with Crippen molar-refractivity contribution in [2.24, 2.45) is 5.92 Å². The van der Waals surface area contributed by atoms with E-state index in [-0.39, 0.29) is 22.2 Å². The van der Waals surface area contributed by atoms with Gasteiger partial charge in [-0.05, 0) is 55.6 Å². The lowest BCUT2D eigenvalue weighted by atomic mass is 9.87. The minimum atomic E-state index is -1.55. The Kier molecular flexibility index (Phi) is 24.8. The molecule has 10 nitrogen and oxygen atoms in total. The van der Waals surface area contributed by atoms with E-state index in [2.05, 4.69) is 24.8 Å². The highest BCUT2D eigenvalue weighted by Crippen LogP contribution is 2.47. The number of aliphatic hydroxyl groups is 6. The summed E-state index contributed by atoms with van der Waals surface area (Å²) in [6.07, 6.45) is 26.3. The molecule has 0 radical (unpaired) electrons. The molecule has 3 rings (SSSR count). The number of nitrogens with one attached hydrogen (secondary N) is 1. The molecule has 0 saturated carbocycles. The Morgan fingerprint density at radius 3 is 1.76 bits per heavy atom. The van der Waals surface area contributed by atoms with E-state index < -0.39 is 55.6 Å². The predicted molar refractivity (Wildman–Crippen MR) is 226 cm³/mol. The number of rotatable bonds is 32. The van der Waals surface area contributed by atoms with Crippen LogP contribution in [0.2, 0.25) is 0 Å². The van der Waals surface area contributed by atoms with E-state index in [1.807, 2.05) is 0 Å². The van der Waals surface area contributed by atoms with Crippen molar-refractivity contribution >= 4 is 10.0 Å². The average molecular weight is 806 g/mol. The maximum absolute atomic E-state index is 11.5. The van der Waals surface area contributed by atoms with Gasteiger partial charge in [0.1, 0.15) is 24.4 Å². The third kappa shape index (κ3) is 18.8. The molecule has 0 bridgehead atoms. The lowest BCUT2D eigenvalue weighted by Crippen LogP contribution is -2.67. The highest BCUT2D eigenvalue weighted by atomic mass is 32.3. The number of unbranched alkanes of at least 4 members (excludes halogenated alkanes) is 18. The first-order valence-corrected chi connectivity index (χ1v) is 25.6. The molecule has 7 N–H and O–H groups in total. The van der Waals surface area contributed by atoms with Gasteiger partial charge < -0.3 is 44.8 Å². The highest BCUT2D eigenvalue weighted by molar-refractivity contribution is 8.32. The smallest absolute Gasteiger partial charge is 0.186 e. The van der Waals surface area contributed by atoms with Crippen LogP contribution in [-0.2, 0) is 14.2 Å². The van der Waals surface area contributed by atoms with Gasteiger partial charge in [-0.3, -0.25) is 5.32 Å². The maximum atomic E-state index is 11.5. The molecule has 3 aliphatic rings. The van der Waals surface area contributed by atoms with Crippen LogP contribution in [0.3, 0.4) is 0 Å². The highest BCUT2D eigenvalue weighted by Gasteiger charge is 2.46. The zero-order valence-electron chi connectivity index (χ0n) is 35.4. The summed E-state index contributed by atoms with van der Waals surface area (Å²) in [5, 5.41) is 66.9. The third-order valence-electron chi connectivity index (χ3n) is 12.9. The predicted octanol–water partition coefficient (Wildman–Crippen LogP) is 6.72. The fraction of sp³-hybridized carbons (Fsp3) is 1.00. The summed E-state index contributed by atoms with van der Waals surface area (Å²) >= 11 is 0. The van der Waals surface area contributed by atoms with Gasteiger partial charge in [-0.1, -0.05) is 142 Å². The monoisotopic (exact) mass is 806 g/mol. The summed E-state index contributed by atoms with van der Waals surface area (Å²) in [6.45, 7) is 2.60. The number of aliphatic hydroxyl groups excluding tert-OH is 6. The van der Waals surface area contributed by atoms with E-state index in [0.29, 0.717) is 19.6 Å². The standard InChI is InChI=1S/C44H87NO9S/c1-4-5-6-7-8-9-10-11-12-16-19-22-25-37(47)39(48)36(32-53-43-42(51)41(50)40(49)38(31-46)54-43)45-44(33-52-34-44)28-23-20-17-14-13-15-18-21-24-35-26-29-55(2,3)30-27-35/h35-43,45-51H,4-34H2,1-3H3/t36-,37+,38?,39-,40?,41?,42?,43?/m0/s1. The van der Waals surface area contributed by atoms with Crippen molar-refractivity contribution in [1.29, 1.82) is 0 Å². The number of hydrogen-bond donors (Lipinski definition) is 7. The van der Waals surface area contributed by atoms with E-state index in [1.165, 1.54) is 127 Å². The Labute approximate surface area is 337 Å². The topological polar surface area (TPSA) is 161 Å². The van der Waals surface area contributed by atoms with E-state index in [0.717, 1.165) is 44.4 Å². The fourth-order valence-electron chi connectivity index (χ4n) is 8.77. The molecular weight excluding hydrogens is 719 g/mol. The van der Waals surface area contributed by atoms with Crippen molar-refractivity contribution in [3.8, 4) is 0 Å². The Bertz CT molecular complexity index is 946. The fourth-order valence-corrected chi connectivity index (χ4v) is 10.9. The first-order valence-electron chi connectivity index (χ1n) is 22.8. The van der Waals surface area contributed by atoms with E-state index in [1.54, 1.807) is 0 Å².